The maximum Gasteiger partial charge on any atom is 0.119 e. The van der Waals surface area contributed by atoms with Gasteiger partial charge in [0.25, 0.3) is 0 Å². The largest absolute Gasteiger partial charge is 0.491 e. The molecule has 0 unspecified atom stereocenters. The van der Waals surface area contributed by atoms with E-state index < -0.39 is 0 Å². The van der Waals surface area contributed by atoms with Gasteiger partial charge in [-0.2, -0.15) is 0 Å². The Bertz CT molecular complexity index is 316. The Morgan fingerprint density at radius 2 is 1.59 bits per heavy atom. The van der Waals surface area contributed by atoms with Crippen LogP contribution in [0, 0.1) is 5.92 Å². The van der Waals surface area contributed by atoms with Gasteiger partial charge in [-0.15, -0.1) is 0 Å². The summed E-state index contributed by atoms with van der Waals surface area (Å²) >= 11 is 0. The lowest BCUT2D eigenvalue weighted by Crippen LogP contribution is -2.11. The molecule has 0 fully saturated rings. The van der Waals surface area contributed by atoms with Crippen LogP contribution in [0.1, 0.15) is 52.1 Å². The molecule has 0 aromatic heterocycles. The Morgan fingerprint density at radius 1 is 1.00 bits per heavy atom. The average molecular weight is 235 g/mol. The minimum atomic E-state index is 0.144. The third kappa shape index (κ3) is 5.22. The smallest absolute Gasteiger partial charge is 0.119 e. The second kappa shape index (κ2) is 6.65. The number of rotatable bonds is 6. The molecule has 1 aromatic rings. The molecule has 0 amide bonds. The van der Waals surface area contributed by atoms with E-state index in [0.29, 0.717) is 5.92 Å². The molecule has 1 rings (SSSR count). The minimum absolute atomic E-state index is 0.144. The second-order valence-corrected chi connectivity index (χ2v) is 5.31. The van der Waals surface area contributed by atoms with Crippen LogP contribution in [0.3, 0.4) is 0 Å². The quantitative estimate of drug-likeness (QED) is 0.811. The molecule has 0 aliphatic rings. The van der Waals surface area contributed by atoms with Gasteiger partial charge in [-0.25, -0.2) is 0 Å². The molecule has 0 spiro atoms. The van der Waals surface area contributed by atoms with Crippen LogP contribution in [0.5, 0.6) is 5.75 Å². The molecule has 0 saturated carbocycles. The van der Waals surface area contributed by atoms with Gasteiger partial charge in [0.15, 0.2) is 0 Å². The van der Waals surface area contributed by atoms with Gasteiger partial charge in [0.1, 0.15) is 5.75 Å². The average Bonchev–Trinajstić information content (AvgIpc) is 2.26. The van der Waals surface area contributed by atoms with Crippen molar-refractivity contribution in [2.24, 2.45) is 11.7 Å². The number of ether oxygens (including phenoxy) is 1. The predicted molar refractivity (Wildman–Crippen MR) is 73.2 cm³/mol. The Labute approximate surface area is 105 Å². The normalized spacial score (nSPS) is 13.1. The summed E-state index contributed by atoms with van der Waals surface area (Å²) in [6.07, 6.45) is 2.43. The van der Waals surface area contributed by atoms with Gasteiger partial charge >= 0.3 is 0 Å². The molecule has 2 N–H and O–H groups in total. The van der Waals surface area contributed by atoms with Crippen molar-refractivity contribution >= 4 is 0 Å². The summed E-state index contributed by atoms with van der Waals surface area (Å²) in [4.78, 5) is 0. The molecule has 17 heavy (non-hydrogen) atoms. The van der Waals surface area contributed by atoms with Crippen molar-refractivity contribution in [1.82, 2.24) is 0 Å². The summed E-state index contributed by atoms with van der Waals surface area (Å²) < 4.78 is 5.61. The number of nitrogens with two attached hydrogens (primary N) is 1. The van der Waals surface area contributed by atoms with Crippen LogP contribution in [0.4, 0.5) is 0 Å². The standard InChI is InChI=1S/C15H25NO/c1-11(2)5-10-15(16)13-6-8-14(9-7-13)17-12(3)4/h6-9,11-12,15H,5,10,16H2,1-4H3/t15-/m0/s1. The predicted octanol–water partition coefficient (Wildman–Crippen LogP) is 3.91. The SMILES string of the molecule is CC(C)CC[C@H](N)c1ccc(OC(C)C)cc1. The van der Waals surface area contributed by atoms with Gasteiger partial charge in [-0.1, -0.05) is 26.0 Å². The fourth-order valence-corrected chi connectivity index (χ4v) is 1.75. The Hall–Kier alpha value is -1.02. The van der Waals surface area contributed by atoms with Crippen molar-refractivity contribution in [1.29, 1.82) is 0 Å². The van der Waals surface area contributed by atoms with Crippen molar-refractivity contribution in [3.8, 4) is 5.75 Å². The van der Waals surface area contributed by atoms with Gasteiger partial charge in [-0.3, -0.25) is 0 Å². The molecule has 1 atom stereocenters. The zero-order chi connectivity index (χ0) is 12.8. The first-order valence-electron chi connectivity index (χ1n) is 6.51. The van der Waals surface area contributed by atoms with Crippen molar-refractivity contribution in [2.45, 2.75) is 52.7 Å². The number of benzene rings is 1. The molecule has 0 aliphatic carbocycles. The molecular formula is C15H25NO. The van der Waals surface area contributed by atoms with Gasteiger partial charge in [-0.05, 0) is 50.3 Å². The molecular weight excluding hydrogens is 210 g/mol. The van der Waals surface area contributed by atoms with E-state index in [1.165, 1.54) is 12.0 Å². The van der Waals surface area contributed by atoms with Crippen molar-refractivity contribution in [3.05, 3.63) is 29.8 Å². The summed E-state index contributed by atoms with van der Waals surface area (Å²) in [5.74, 6) is 1.63. The van der Waals surface area contributed by atoms with E-state index >= 15 is 0 Å². The van der Waals surface area contributed by atoms with Gasteiger partial charge in [0.05, 0.1) is 6.10 Å². The van der Waals surface area contributed by atoms with Gasteiger partial charge in [0, 0.05) is 6.04 Å². The molecule has 1 aromatic carbocycles. The second-order valence-electron chi connectivity index (χ2n) is 5.31. The monoisotopic (exact) mass is 235 g/mol. The van der Waals surface area contributed by atoms with Crippen LogP contribution < -0.4 is 10.5 Å². The van der Waals surface area contributed by atoms with Crippen molar-refractivity contribution in [2.75, 3.05) is 0 Å². The van der Waals surface area contributed by atoms with E-state index in [4.69, 9.17) is 10.5 Å². The topological polar surface area (TPSA) is 35.2 Å². The third-order valence-electron chi connectivity index (χ3n) is 2.74. The molecule has 0 saturated heterocycles. The third-order valence-corrected chi connectivity index (χ3v) is 2.74. The Balaban J connectivity index is 2.54. The van der Waals surface area contributed by atoms with Gasteiger partial charge < -0.3 is 10.5 Å². The van der Waals surface area contributed by atoms with E-state index in [-0.39, 0.29) is 12.1 Å². The first-order chi connectivity index (χ1) is 7.99. The highest BCUT2D eigenvalue weighted by molar-refractivity contribution is 5.29. The summed E-state index contributed by atoms with van der Waals surface area (Å²) in [5.41, 5.74) is 7.35. The van der Waals surface area contributed by atoms with E-state index in [9.17, 15) is 0 Å². The zero-order valence-corrected chi connectivity index (χ0v) is 11.4. The molecule has 0 aliphatic heterocycles. The minimum Gasteiger partial charge on any atom is -0.491 e. The van der Waals surface area contributed by atoms with Crippen LogP contribution in [-0.2, 0) is 0 Å². The lowest BCUT2D eigenvalue weighted by atomic mass is 9.98. The van der Waals surface area contributed by atoms with Crippen LogP contribution in [-0.4, -0.2) is 6.10 Å². The highest BCUT2D eigenvalue weighted by atomic mass is 16.5. The zero-order valence-electron chi connectivity index (χ0n) is 11.4. The Morgan fingerprint density at radius 3 is 2.06 bits per heavy atom. The summed E-state index contributed by atoms with van der Waals surface area (Å²) in [6.45, 7) is 8.52. The summed E-state index contributed by atoms with van der Waals surface area (Å²) in [6, 6.07) is 8.30. The fourth-order valence-electron chi connectivity index (χ4n) is 1.75. The molecule has 2 heteroatoms. The fraction of sp³-hybridized carbons (Fsp3) is 0.600. The Kier molecular flexibility index (Phi) is 5.49. The molecule has 0 radical (unpaired) electrons. The van der Waals surface area contributed by atoms with Crippen molar-refractivity contribution in [3.63, 3.8) is 0 Å². The van der Waals surface area contributed by atoms with E-state index in [1.807, 2.05) is 26.0 Å². The van der Waals surface area contributed by atoms with Crippen LogP contribution in [0.2, 0.25) is 0 Å². The summed E-state index contributed by atoms with van der Waals surface area (Å²) in [5, 5.41) is 0. The molecule has 0 bridgehead atoms. The highest BCUT2D eigenvalue weighted by Gasteiger charge is 2.07. The van der Waals surface area contributed by atoms with Crippen LogP contribution in [0.25, 0.3) is 0 Å². The van der Waals surface area contributed by atoms with Crippen LogP contribution in [0.15, 0.2) is 24.3 Å². The lowest BCUT2D eigenvalue weighted by Gasteiger charge is -2.15. The first-order valence-corrected chi connectivity index (χ1v) is 6.51. The number of hydrogen-bond donors (Lipinski definition) is 1. The van der Waals surface area contributed by atoms with E-state index in [0.717, 1.165) is 12.2 Å². The maximum atomic E-state index is 6.15. The van der Waals surface area contributed by atoms with Gasteiger partial charge in [0.2, 0.25) is 0 Å². The lowest BCUT2D eigenvalue weighted by molar-refractivity contribution is 0.242. The number of hydrogen-bond acceptors (Lipinski definition) is 2. The molecule has 96 valence electrons. The highest BCUT2D eigenvalue weighted by Crippen LogP contribution is 2.21. The summed E-state index contributed by atoms with van der Waals surface area (Å²) in [7, 11) is 0. The van der Waals surface area contributed by atoms with E-state index in [2.05, 4.69) is 26.0 Å². The maximum absolute atomic E-state index is 6.15. The first kappa shape index (κ1) is 14.0. The molecule has 2 nitrogen and oxygen atoms in total. The van der Waals surface area contributed by atoms with E-state index in [1.54, 1.807) is 0 Å². The van der Waals surface area contributed by atoms with Crippen molar-refractivity contribution < 1.29 is 4.74 Å². The molecule has 0 heterocycles. The van der Waals surface area contributed by atoms with Crippen LogP contribution >= 0.6 is 0 Å².